The summed E-state index contributed by atoms with van der Waals surface area (Å²) in [6.45, 7) is 1.60. The van der Waals surface area contributed by atoms with E-state index in [4.69, 9.17) is 9.47 Å². The van der Waals surface area contributed by atoms with E-state index in [9.17, 15) is 0 Å². The van der Waals surface area contributed by atoms with Crippen molar-refractivity contribution in [2.45, 2.75) is 12.8 Å². The summed E-state index contributed by atoms with van der Waals surface area (Å²) in [5.74, 6) is 2.76. The first kappa shape index (κ1) is 10.5. The largest absolute Gasteiger partial charge is 0.489 e. The van der Waals surface area contributed by atoms with Gasteiger partial charge in [0, 0.05) is 4.47 Å². The van der Waals surface area contributed by atoms with Gasteiger partial charge in [0.25, 0.3) is 0 Å². The van der Waals surface area contributed by atoms with Crippen LogP contribution in [0.15, 0.2) is 40.2 Å². The summed E-state index contributed by atoms with van der Waals surface area (Å²) < 4.78 is 12.7. The Hall–Kier alpha value is -1.42. The van der Waals surface area contributed by atoms with E-state index in [1.165, 1.54) is 5.70 Å². The lowest BCUT2D eigenvalue weighted by Gasteiger charge is -2.39. The summed E-state index contributed by atoms with van der Waals surface area (Å²) in [7, 11) is 0. The molecule has 4 rings (SSSR count). The van der Waals surface area contributed by atoms with Gasteiger partial charge in [-0.05, 0) is 31.1 Å². The van der Waals surface area contributed by atoms with E-state index >= 15 is 0 Å². The van der Waals surface area contributed by atoms with Gasteiger partial charge >= 0.3 is 0 Å². The minimum absolute atomic E-state index is 0.716. The number of halogens is 1. The molecule has 1 aliphatic carbocycles. The topological polar surface area (TPSA) is 21.7 Å². The highest BCUT2D eigenvalue weighted by Crippen LogP contribution is 2.49. The molecule has 0 atom stereocenters. The third kappa shape index (κ3) is 1.42. The average molecular weight is 306 g/mol. The van der Waals surface area contributed by atoms with Crippen LogP contribution in [0.3, 0.4) is 0 Å². The van der Waals surface area contributed by atoms with E-state index in [-0.39, 0.29) is 0 Å². The Kier molecular flexibility index (Phi) is 2.21. The van der Waals surface area contributed by atoms with Gasteiger partial charge in [0.15, 0.2) is 5.75 Å². The molecule has 0 aromatic heterocycles. The monoisotopic (exact) mass is 305 g/mol. The molecule has 4 heteroatoms. The number of benzene rings is 1. The number of rotatable bonds is 0. The molecule has 1 aromatic rings. The van der Waals surface area contributed by atoms with Crippen LogP contribution in [-0.2, 0) is 0 Å². The SMILES string of the molecule is Brc1cc2c3c(c1)OC1=CCCC=C1N3CCO2. The second-order valence-corrected chi connectivity index (χ2v) is 5.50. The van der Waals surface area contributed by atoms with E-state index in [2.05, 4.69) is 33.0 Å². The van der Waals surface area contributed by atoms with Gasteiger partial charge in [-0.15, -0.1) is 0 Å². The molecular weight excluding hydrogens is 294 g/mol. The smallest absolute Gasteiger partial charge is 0.156 e. The van der Waals surface area contributed by atoms with E-state index in [1.54, 1.807) is 0 Å². The van der Waals surface area contributed by atoms with Crippen molar-refractivity contribution in [1.82, 2.24) is 0 Å². The Bertz CT molecular complexity index is 592. The van der Waals surface area contributed by atoms with Crippen molar-refractivity contribution in [2.24, 2.45) is 0 Å². The second kappa shape index (κ2) is 3.79. The molecule has 0 spiro atoms. The quantitative estimate of drug-likeness (QED) is 0.731. The fourth-order valence-corrected chi connectivity index (χ4v) is 3.11. The van der Waals surface area contributed by atoms with Crippen molar-refractivity contribution in [3.8, 4) is 11.5 Å². The Morgan fingerprint density at radius 1 is 1.11 bits per heavy atom. The Morgan fingerprint density at radius 2 is 1.94 bits per heavy atom. The summed E-state index contributed by atoms with van der Waals surface area (Å²) in [5.41, 5.74) is 2.26. The van der Waals surface area contributed by atoms with E-state index in [1.807, 2.05) is 12.1 Å². The average Bonchev–Trinajstić information content (AvgIpc) is 2.38. The maximum atomic E-state index is 6.00. The molecule has 3 aliphatic rings. The molecule has 0 unspecified atom stereocenters. The molecule has 0 fully saturated rings. The van der Waals surface area contributed by atoms with Crippen LogP contribution in [0.1, 0.15) is 12.8 Å². The third-order valence-electron chi connectivity index (χ3n) is 3.44. The van der Waals surface area contributed by atoms with Crippen LogP contribution in [0, 0.1) is 0 Å². The van der Waals surface area contributed by atoms with Crippen LogP contribution in [0.2, 0.25) is 0 Å². The summed E-state index contributed by atoms with van der Waals surface area (Å²) in [6, 6.07) is 4.01. The summed E-state index contributed by atoms with van der Waals surface area (Å²) in [4.78, 5) is 2.31. The zero-order valence-electron chi connectivity index (χ0n) is 9.78. The standard InChI is InChI=1S/C14H12BrNO2/c15-9-7-12-14-13(8-9)18-11-4-2-1-3-10(11)16(14)5-6-17-12/h3-4,7-8H,1-2,5-6H2. The van der Waals surface area contributed by atoms with Crippen molar-refractivity contribution in [3.05, 3.63) is 40.2 Å². The highest BCUT2D eigenvalue weighted by Gasteiger charge is 2.33. The van der Waals surface area contributed by atoms with Crippen molar-refractivity contribution in [1.29, 1.82) is 0 Å². The molecule has 2 heterocycles. The minimum Gasteiger partial charge on any atom is -0.489 e. The van der Waals surface area contributed by atoms with Crippen LogP contribution in [-0.4, -0.2) is 13.2 Å². The maximum absolute atomic E-state index is 6.00. The first-order valence-corrected chi connectivity index (χ1v) is 6.95. The number of nitrogens with zero attached hydrogens (tertiary/aromatic N) is 1. The van der Waals surface area contributed by atoms with Gasteiger partial charge in [-0.25, -0.2) is 0 Å². The highest BCUT2D eigenvalue weighted by molar-refractivity contribution is 9.10. The highest BCUT2D eigenvalue weighted by atomic mass is 79.9. The summed E-state index contributed by atoms with van der Waals surface area (Å²) in [5, 5.41) is 0. The molecule has 3 nitrogen and oxygen atoms in total. The Balaban J connectivity index is 1.96. The first-order valence-electron chi connectivity index (χ1n) is 6.15. The lowest BCUT2D eigenvalue weighted by Crippen LogP contribution is -2.37. The number of anilines is 1. The molecule has 0 bridgehead atoms. The van der Waals surface area contributed by atoms with Gasteiger partial charge in [0.1, 0.15) is 23.8 Å². The molecule has 92 valence electrons. The maximum Gasteiger partial charge on any atom is 0.156 e. The molecular formula is C14H12BrNO2. The molecule has 2 aliphatic heterocycles. The number of ether oxygens (including phenoxy) is 2. The van der Waals surface area contributed by atoms with Crippen molar-refractivity contribution in [2.75, 3.05) is 18.1 Å². The van der Waals surface area contributed by atoms with Crippen LogP contribution in [0.25, 0.3) is 0 Å². The number of allylic oxidation sites excluding steroid dienone is 2. The van der Waals surface area contributed by atoms with Gasteiger partial charge in [0.05, 0.1) is 12.2 Å². The fourth-order valence-electron chi connectivity index (χ4n) is 2.70. The van der Waals surface area contributed by atoms with E-state index in [0.717, 1.165) is 46.8 Å². The van der Waals surface area contributed by atoms with Gasteiger partial charge in [0.2, 0.25) is 0 Å². The normalized spacial score (nSPS) is 19.9. The van der Waals surface area contributed by atoms with Crippen LogP contribution in [0.5, 0.6) is 11.5 Å². The fraction of sp³-hybridized carbons (Fsp3) is 0.286. The van der Waals surface area contributed by atoms with Gasteiger partial charge in [-0.1, -0.05) is 22.0 Å². The minimum atomic E-state index is 0.716. The van der Waals surface area contributed by atoms with Crippen LogP contribution < -0.4 is 14.4 Å². The number of fused-ring (bicyclic) bond motifs is 2. The lowest BCUT2D eigenvalue weighted by molar-refractivity contribution is 0.298. The molecule has 0 amide bonds. The predicted octanol–water partition coefficient (Wildman–Crippen LogP) is 3.60. The molecule has 0 radical (unpaired) electrons. The predicted molar refractivity (Wildman–Crippen MR) is 73.0 cm³/mol. The molecule has 18 heavy (non-hydrogen) atoms. The first-order chi connectivity index (χ1) is 8.83. The zero-order chi connectivity index (χ0) is 12.1. The van der Waals surface area contributed by atoms with Crippen molar-refractivity contribution < 1.29 is 9.47 Å². The molecule has 0 N–H and O–H groups in total. The zero-order valence-corrected chi connectivity index (χ0v) is 11.4. The Labute approximate surface area is 114 Å². The van der Waals surface area contributed by atoms with E-state index < -0.39 is 0 Å². The van der Waals surface area contributed by atoms with Crippen LogP contribution in [0.4, 0.5) is 5.69 Å². The summed E-state index contributed by atoms with van der Waals surface area (Å²) in [6.07, 6.45) is 6.57. The van der Waals surface area contributed by atoms with Gasteiger partial charge < -0.3 is 14.4 Å². The molecule has 0 saturated heterocycles. The molecule has 0 saturated carbocycles. The van der Waals surface area contributed by atoms with Gasteiger partial charge in [-0.2, -0.15) is 0 Å². The van der Waals surface area contributed by atoms with Crippen LogP contribution >= 0.6 is 15.9 Å². The third-order valence-corrected chi connectivity index (χ3v) is 3.90. The molecule has 1 aromatic carbocycles. The number of hydrogen-bond donors (Lipinski definition) is 0. The Morgan fingerprint density at radius 3 is 2.89 bits per heavy atom. The second-order valence-electron chi connectivity index (χ2n) is 4.59. The lowest BCUT2D eigenvalue weighted by atomic mass is 10.1. The summed E-state index contributed by atoms with van der Waals surface area (Å²) >= 11 is 3.50. The van der Waals surface area contributed by atoms with Crippen molar-refractivity contribution >= 4 is 21.6 Å². The van der Waals surface area contributed by atoms with E-state index in [0.29, 0.717) is 6.61 Å². The number of hydrogen-bond acceptors (Lipinski definition) is 3. The van der Waals surface area contributed by atoms with Crippen molar-refractivity contribution in [3.63, 3.8) is 0 Å². The van der Waals surface area contributed by atoms with Gasteiger partial charge in [-0.3, -0.25) is 0 Å².